The van der Waals surface area contributed by atoms with Crippen molar-refractivity contribution in [2.45, 2.75) is 58.0 Å². The Labute approximate surface area is 208 Å². The molecule has 0 N–H and O–H groups in total. The third kappa shape index (κ3) is 5.24. The molecule has 0 aromatic heterocycles. The third-order valence-corrected chi connectivity index (χ3v) is 6.70. The van der Waals surface area contributed by atoms with E-state index < -0.39 is 0 Å². The van der Waals surface area contributed by atoms with E-state index in [1.165, 1.54) is 0 Å². The van der Waals surface area contributed by atoms with Crippen molar-refractivity contribution in [3.8, 4) is 5.75 Å². The van der Waals surface area contributed by atoms with Crippen LogP contribution in [0.2, 0.25) is 0 Å². The van der Waals surface area contributed by atoms with Gasteiger partial charge >= 0.3 is 0 Å². The number of benzene rings is 3. The van der Waals surface area contributed by atoms with Crippen LogP contribution >= 0.6 is 0 Å². The molecule has 0 unspecified atom stereocenters. The fraction of sp³-hybridized carbons (Fsp3) is 0.333. The second kappa shape index (κ2) is 11.2. The monoisotopic (exact) mass is 470 g/mol. The number of unbranched alkanes of at least 4 members (excludes halogenated alkanes) is 2. The van der Waals surface area contributed by atoms with Crippen LogP contribution in [0, 0.1) is 0 Å². The van der Waals surface area contributed by atoms with E-state index in [4.69, 9.17) is 4.74 Å². The quantitative estimate of drug-likeness (QED) is 0.341. The van der Waals surface area contributed by atoms with E-state index in [9.17, 15) is 9.59 Å². The number of hydrogen-bond donors (Lipinski definition) is 0. The first kappa shape index (κ1) is 24.5. The predicted molar refractivity (Wildman–Crippen MR) is 141 cm³/mol. The summed E-state index contributed by atoms with van der Waals surface area (Å²) in [7, 11) is 1.60. The molecule has 3 aromatic carbocycles. The highest BCUT2D eigenvalue weighted by Gasteiger charge is 2.38. The molecule has 182 valence electrons. The van der Waals surface area contributed by atoms with Crippen molar-refractivity contribution in [1.29, 1.82) is 0 Å². The van der Waals surface area contributed by atoms with E-state index >= 15 is 0 Å². The Balaban J connectivity index is 1.73. The van der Waals surface area contributed by atoms with Gasteiger partial charge in [-0.25, -0.2) is 0 Å². The third-order valence-electron chi connectivity index (χ3n) is 6.70. The summed E-state index contributed by atoms with van der Waals surface area (Å²) < 4.78 is 5.34. The van der Waals surface area contributed by atoms with Crippen LogP contribution in [-0.2, 0) is 4.79 Å². The summed E-state index contributed by atoms with van der Waals surface area (Å²) in [5, 5.41) is 0. The molecule has 0 fully saturated rings. The van der Waals surface area contributed by atoms with Crippen molar-refractivity contribution in [3.05, 3.63) is 90.0 Å². The highest BCUT2D eigenvalue weighted by molar-refractivity contribution is 6.08. The molecule has 5 heteroatoms. The number of fused-ring (bicyclic) bond motifs is 1. The first-order chi connectivity index (χ1) is 17.0. The SMILES string of the molecule is CCCCCC(=O)N(c1ccccc1)[C@@H]1C[C@@H](C)N(C(=O)c2cccc(OC)c2)c2ccccc21. The first-order valence-corrected chi connectivity index (χ1v) is 12.5. The van der Waals surface area contributed by atoms with Crippen molar-refractivity contribution < 1.29 is 14.3 Å². The predicted octanol–water partition coefficient (Wildman–Crippen LogP) is 6.79. The molecule has 35 heavy (non-hydrogen) atoms. The van der Waals surface area contributed by atoms with Crippen LogP contribution in [0.15, 0.2) is 78.9 Å². The number of rotatable bonds is 8. The number of para-hydroxylation sites is 2. The summed E-state index contributed by atoms with van der Waals surface area (Å²) >= 11 is 0. The van der Waals surface area contributed by atoms with E-state index in [-0.39, 0.29) is 23.9 Å². The molecule has 1 aliphatic rings. The summed E-state index contributed by atoms with van der Waals surface area (Å²) in [6, 6.07) is 24.9. The van der Waals surface area contributed by atoms with Gasteiger partial charge in [0.15, 0.2) is 0 Å². The highest BCUT2D eigenvalue weighted by atomic mass is 16.5. The maximum atomic E-state index is 13.7. The van der Waals surface area contributed by atoms with E-state index in [0.717, 1.165) is 36.2 Å². The number of methoxy groups -OCH3 is 1. The summed E-state index contributed by atoms with van der Waals surface area (Å²) in [5.41, 5.74) is 3.33. The zero-order valence-electron chi connectivity index (χ0n) is 20.8. The molecule has 2 amide bonds. The van der Waals surface area contributed by atoms with Gasteiger partial charge in [0.25, 0.3) is 5.91 Å². The summed E-state index contributed by atoms with van der Waals surface area (Å²) in [6.07, 6.45) is 4.16. The fourth-order valence-electron chi connectivity index (χ4n) is 4.96. The van der Waals surface area contributed by atoms with Crippen molar-refractivity contribution in [2.24, 2.45) is 0 Å². The smallest absolute Gasteiger partial charge is 0.258 e. The molecule has 0 aliphatic carbocycles. The van der Waals surface area contributed by atoms with Crippen LogP contribution in [0.25, 0.3) is 0 Å². The van der Waals surface area contributed by atoms with Gasteiger partial charge in [0.2, 0.25) is 5.91 Å². The fourth-order valence-corrected chi connectivity index (χ4v) is 4.96. The lowest BCUT2D eigenvalue weighted by atomic mass is 9.89. The van der Waals surface area contributed by atoms with Gasteiger partial charge in [-0.15, -0.1) is 0 Å². The normalized spacial score (nSPS) is 16.9. The molecular weight excluding hydrogens is 436 g/mol. The molecule has 0 saturated carbocycles. The van der Waals surface area contributed by atoms with Crippen LogP contribution in [0.4, 0.5) is 11.4 Å². The topological polar surface area (TPSA) is 49.9 Å². The number of amides is 2. The summed E-state index contributed by atoms with van der Waals surface area (Å²) in [6.45, 7) is 4.21. The van der Waals surface area contributed by atoms with Crippen molar-refractivity contribution in [1.82, 2.24) is 0 Å². The maximum absolute atomic E-state index is 13.7. The van der Waals surface area contributed by atoms with Gasteiger partial charge < -0.3 is 14.5 Å². The Morgan fingerprint density at radius 2 is 1.71 bits per heavy atom. The van der Waals surface area contributed by atoms with Crippen LogP contribution in [0.3, 0.4) is 0 Å². The van der Waals surface area contributed by atoms with Crippen LogP contribution < -0.4 is 14.5 Å². The minimum Gasteiger partial charge on any atom is -0.497 e. The van der Waals surface area contributed by atoms with Crippen LogP contribution in [0.5, 0.6) is 5.75 Å². The molecule has 0 saturated heterocycles. The molecule has 0 radical (unpaired) electrons. The number of carbonyl (C=O) groups is 2. The van der Waals surface area contributed by atoms with E-state index in [1.807, 2.05) is 82.6 Å². The van der Waals surface area contributed by atoms with Crippen LogP contribution in [-0.4, -0.2) is 25.0 Å². The van der Waals surface area contributed by atoms with Gasteiger partial charge in [0.1, 0.15) is 5.75 Å². The zero-order valence-corrected chi connectivity index (χ0v) is 20.8. The minimum atomic E-state index is -0.146. The molecule has 1 aliphatic heterocycles. The minimum absolute atomic E-state index is 0.0668. The van der Waals surface area contributed by atoms with Gasteiger partial charge in [-0.3, -0.25) is 9.59 Å². The van der Waals surface area contributed by atoms with E-state index in [1.54, 1.807) is 13.2 Å². The van der Waals surface area contributed by atoms with Crippen molar-refractivity contribution >= 4 is 23.2 Å². The largest absolute Gasteiger partial charge is 0.497 e. The van der Waals surface area contributed by atoms with Crippen molar-refractivity contribution in [3.63, 3.8) is 0 Å². The molecule has 0 spiro atoms. The zero-order chi connectivity index (χ0) is 24.8. The molecule has 0 bridgehead atoms. The number of nitrogens with zero attached hydrogens (tertiary/aromatic N) is 2. The molecular formula is C30H34N2O3. The lowest BCUT2D eigenvalue weighted by molar-refractivity contribution is -0.119. The average Bonchev–Trinajstić information content (AvgIpc) is 2.89. The lowest BCUT2D eigenvalue weighted by Crippen LogP contribution is -2.47. The Bertz CT molecular complexity index is 1160. The maximum Gasteiger partial charge on any atom is 0.258 e. The molecule has 3 aromatic rings. The first-order valence-electron chi connectivity index (χ1n) is 12.5. The van der Waals surface area contributed by atoms with E-state index in [0.29, 0.717) is 24.2 Å². The standard InChI is InChI=1S/C30H34N2O3/c1-4-5-7-19-29(33)32(24-14-8-6-9-15-24)28-20-22(2)31(27-18-11-10-17-26(27)28)30(34)23-13-12-16-25(21-23)35-3/h6,8-18,21-22,28H,4-5,7,19-20H2,1-3H3/t22-,28-/m1/s1. The number of carbonyl (C=O) groups excluding carboxylic acids is 2. The molecule has 5 nitrogen and oxygen atoms in total. The Morgan fingerprint density at radius 3 is 2.46 bits per heavy atom. The Hall–Kier alpha value is -3.60. The molecule has 4 rings (SSSR count). The summed E-state index contributed by atoms with van der Waals surface area (Å²) in [5.74, 6) is 0.715. The van der Waals surface area contributed by atoms with Crippen molar-refractivity contribution in [2.75, 3.05) is 16.9 Å². The molecule has 1 heterocycles. The van der Waals surface area contributed by atoms with Crippen LogP contribution in [0.1, 0.15) is 67.9 Å². The molecule has 2 atom stereocenters. The number of anilines is 2. The lowest BCUT2D eigenvalue weighted by Gasteiger charge is -2.43. The second-order valence-electron chi connectivity index (χ2n) is 9.12. The summed E-state index contributed by atoms with van der Waals surface area (Å²) in [4.78, 5) is 31.1. The van der Waals surface area contributed by atoms with Gasteiger partial charge in [-0.05, 0) is 61.7 Å². The van der Waals surface area contributed by atoms with Gasteiger partial charge in [-0.1, -0.05) is 62.2 Å². The van der Waals surface area contributed by atoms with E-state index in [2.05, 4.69) is 13.8 Å². The number of ether oxygens (including phenoxy) is 1. The highest BCUT2D eigenvalue weighted by Crippen LogP contribution is 2.43. The Kier molecular flexibility index (Phi) is 7.86. The van der Waals surface area contributed by atoms with Gasteiger partial charge in [0.05, 0.1) is 13.2 Å². The Morgan fingerprint density at radius 1 is 0.971 bits per heavy atom. The van der Waals surface area contributed by atoms with Gasteiger partial charge in [-0.2, -0.15) is 0 Å². The average molecular weight is 471 g/mol. The van der Waals surface area contributed by atoms with Gasteiger partial charge in [0, 0.05) is 29.4 Å². The number of hydrogen-bond acceptors (Lipinski definition) is 3. The second-order valence-corrected chi connectivity index (χ2v) is 9.12.